The van der Waals surface area contributed by atoms with Crippen molar-refractivity contribution < 1.29 is 4.74 Å². The highest BCUT2D eigenvalue weighted by molar-refractivity contribution is 6.11. The van der Waals surface area contributed by atoms with Gasteiger partial charge in [-0.2, -0.15) is 0 Å². The second-order valence-electron chi connectivity index (χ2n) is 6.05. The van der Waals surface area contributed by atoms with E-state index < -0.39 is 0 Å². The lowest BCUT2D eigenvalue weighted by atomic mass is 10.0. The number of halogens is 1. The van der Waals surface area contributed by atoms with E-state index in [0.717, 1.165) is 50.1 Å². The maximum Gasteiger partial charge on any atom is 0.192 e. The predicted molar refractivity (Wildman–Crippen MR) is 110 cm³/mol. The smallest absolute Gasteiger partial charge is 0.192 e. The first kappa shape index (κ1) is 19.3. The number of guanidine groups is 1. The molecule has 2 aromatic rings. The highest BCUT2D eigenvalue weighted by atomic mass is 35.5. The van der Waals surface area contributed by atoms with Gasteiger partial charge in [-0.25, -0.2) is 0 Å². The van der Waals surface area contributed by atoms with E-state index in [0.29, 0.717) is 5.96 Å². The topological polar surface area (TPSA) is 57.1 Å². The van der Waals surface area contributed by atoms with Crippen LogP contribution in [0.4, 0.5) is 5.69 Å². The Balaban J connectivity index is 0.00000225. The van der Waals surface area contributed by atoms with Crippen molar-refractivity contribution in [2.24, 2.45) is 0 Å². The van der Waals surface area contributed by atoms with Crippen LogP contribution in [0.3, 0.4) is 0 Å². The highest BCUT2D eigenvalue weighted by Crippen LogP contribution is 2.35. The number of ether oxygens (including phenoxy) is 1. The highest BCUT2D eigenvalue weighted by Gasteiger charge is 2.12. The van der Waals surface area contributed by atoms with Gasteiger partial charge in [0, 0.05) is 30.8 Å². The largest absolute Gasteiger partial charge is 0.381 e. The summed E-state index contributed by atoms with van der Waals surface area (Å²) in [7, 11) is 0. The van der Waals surface area contributed by atoms with Crippen LogP contribution in [0.2, 0.25) is 0 Å². The second-order valence-corrected chi connectivity index (χ2v) is 6.05. The van der Waals surface area contributed by atoms with Crippen molar-refractivity contribution in [1.82, 2.24) is 5.32 Å². The number of benzene rings is 2. The van der Waals surface area contributed by atoms with Crippen LogP contribution in [0, 0.1) is 5.41 Å². The van der Waals surface area contributed by atoms with Crippen LogP contribution in [-0.2, 0) is 4.74 Å². The molecule has 0 fully saturated rings. The summed E-state index contributed by atoms with van der Waals surface area (Å²) in [5.74, 6) is 0.329. The third-order valence-corrected chi connectivity index (χ3v) is 4.22. The quantitative estimate of drug-likeness (QED) is 0.305. The van der Waals surface area contributed by atoms with E-state index in [4.69, 9.17) is 10.1 Å². The molecule has 0 saturated carbocycles. The summed E-state index contributed by atoms with van der Waals surface area (Å²) in [5, 5.41) is 16.8. The fourth-order valence-corrected chi connectivity index (χ4v) is 2.94. The number of unbranched alkanes of at least 4 members (excludes halogenated alkanes) is 1. The monoisotopic (exact) mass is 359 g/mol. The molecule has 0 spiro atoms. The van der Waals surface area contributed by atoms with Gasteiger partial charge in [0.1, 0.15) is 0 Å². The van der Waals surface area contributed by atoms with Crippen LogP contribution < -0.4 is 10.6 Å². The van der Waals surface area contributed by atoms with E-state index in [9.17, 15) is 0 Å². The molecule has 1 aliphatic carbocycles. The summed E-state index contributed by atoms with van der Waals surface area (Å²) in [6, 6.07) is 10.4. The van der Waals surface area contributed by atoms with Gasteiger partial charge in [-0.3, -0.25) is 5.41 Å². The van der Waals surface area contributed by atoms with Crippen LogP contribution in [0.1, 0.15) is 37.3 Å². The van der Waals surface area contributed by atoms with E-state index in [1.165, 1.54) is 16.5 Å². The first-order valence-corrected chi connectivity index (χ1v) is 8.70. The lowest BCUT2D eigenvalue weighted by Gasteiger charge is -2.13. The number of nitrogens with one attached hydrogen (secondary N) is 3. The normalized spacial score (nSPS) is 11.4. The molecule has 25 heavy (non-hydrogen) atoms. The minimum absolute atomic E-state index is 0. The molecule has 3 N–H and O–H groups in total. The van der Waals surface area contributed by atoms with Crippen LogP contribution in [0.15, 0.2) is 30.3 Å². The Bertz CT molecular complexity index is 746. The van der Waals surface area contributed by atoms with Gasteiger partial charge >= 0.3 is 0 Å². The van der Waals surface area contributed by atoms with E-state index in [1.807, 2.05) is 6.07 Å². The molecule has 1 aliphatic rings. The SMILES string of the molecule is CCCCOCCCNC(=N)Nc1ccc2c3c(cccc13)C=C2.Cl. The Morgan fingerprint density at radius 1 is 1.04 bits per heavy atom. The zero-order valence-corrected chi connectivity index (χ0v) is 15.4. The summed E-state index contributed by atoms with van der Waals surface area (Å²) in [6.45, 7) is 4.48. The number of hydrogen-bond donors (Lipinski definition) is 3. The maximum atomic E-state index is 8.09. The maximum absolute atomic E-state index is 8.09. The molecule has 0 amide bonds. The number of anilines is 1. The molecule has 0 aromatic heterocycles. The molecule has 2 aromatic carbocycles. The summed E-state index contributed by atoms with van der Waals surface area (Å²) in [6.07, 6.45) is 7.47. The minimum Gasteiger partial charge on any atom is -0.381 e. The van der Waals surface area contributed by atoms with Gasteiger partial charge in [0.15, 0.2) is 5.96 Å². The van der Waals surface area contributed by atoms with Gasteiger partial charge in [0.05, 0.1) is 0 Å². The fraction of sp³-hybridized carbons (Fsp3) is 0.350. The van der Waals surface area contributed by atoms with Crippen LogP contribution in [0.25, 0.3) is 22.9 Å². The van der Waals surface area contributed by atoms with Crippen molar-refractivity contribution in [2.75, 3.05) is 25.1 Å². The summed E-state index contributed by atoms with van der Waals surface area (Å²) >= 11 is 0. The predicted octanol–water partition coefficient (Wildman–Crippen LogP) is 4.89. The molecule has 134 valence electrons. The first-order valence-electron chi connectivity index (χ1n) is 8.70. The molecule has 0 atom stereocenters. The molecule has 0 radical (unpaired) electrons. The Labute approximate surface area is 155 Å². The van der Waals surface area contributed by atoms with Gasteiger partial charge in [-0.05, 0) is 35.4 Å². The van der Waals surface area contributed by atoms with Crippen molar-refractivity contribution in [1.29, 1.82) is 5.41 Å². The molecular weight excluding hydrogens is 334 g/mol. The minimum atomic E-state index is 0. The molecule has 0 unspecified atom stereocenters. The third-order valence-electron chi connectivity index (χ3n) is 4.22. The molecule has 0 bridgehead atoms. The van der Waals surface area contributed by atoms with E-state index in [2.05, 4.69) is 54.0 Å². The van der Waals surface area contributed by atoms with Crippen molar-refractivity contribution in [3.8, 4) is 0 Å². The molecule has 0 saturated heterocycles. The average molecular weight is 360 g/mol. The van der Waals surface area contributed by atoms with E-state index >= 15 is 0 Å². The van der Waals surface area contributed by atoms with Gasteiger partial charge in [0.2, 0.25) is 0 Å². The fourth-order valence-electron chi connectivity index (χ4n) is 2.94. The van der Waals surface area contributed by atoms with Crippen LogP contribution in [-0.4, -0.2) is 25.7 Å². The number of rotatable bonds is 8. The Morgan fingerprint density at radius 3 is 2.60 bits per heavy atom. The second kappa shape index (κ2) is 9.44. The van der Waals surface area contributed by atoms with Crippen molar-refractivity contribution in [2.45, 2.75) is 26.2 Å². The molecule has 3 rings (SSSR count). The molecule has 0 heterocycles. The molecule has 5 heteroatoms. The van der Waals surface area contributed by atoms with E-state index in [1.54, 1.807) is 0 Å². The third kappa shape index (κ3) is 4.74. The van der Waals surface area contributed by atoms with Crippen LogP contribution >= 0.6 is 12.4 Å². The lowest BCUT2D eigenvalue weighted by molar-refractivity contribution is 0.129. The Kier molecular flexibility index (Phi) is 7.29. The first-order chi connectivity index (χ1) is 11.8. The van der Waals surface area contributed by atoms with Crippen molar-refractivity contribution >= 4 is 47.0 Å². The molecule has 4 nitrogen and oxygen atoms in total. The lowest BCUT2D eigenvalue weighted by Crippen LogP contribution is -2.31. The summed E-state index contributed by atoms with van der Waals surface area (Å²) in [5.41, 5.74) is 3.46. The summed E-state index contributed by atoms with van der Waals surface area (Å²) in [4.78, 5) is 0. The van der Waals surface area contributed by atoms with Gasteiger partial charge in [-0.15, -0.1) is 12.4 Å². The van der Waals surface area contributed by atoms with Crippen molar-refractivity contribution in [3.63, 3.8) is 0 Å². The van der Waals surface area contributed by atoms with Crippen molar-refractivity contribution in [3.05, 3.63) is 41.5 Å². The Hall–Kier alpha value is -2.04. The molecule has 0 aliphatic heterocycles. The summed E-state index contributed by atoms with van der Waals surface area (Å²) < 4.78 is 5.53. The molecular formula is C20H26ClN3O. The average Bonchev–Trinajstić information content (AvgIpc) is 3.01. The van der Waals surface area contributed by atoms with Gasteiger partial charge < -0.3 is 15.4 Å². The van der Waals surface area contributed by atoms with Gasteiger partial charge in [-0.1, -0.05) is 49.8 Å². The zero-order chi connectivity index (χ0) is 16.8. The van der Waals surface area contributed by atoms with Gasteiger partial charge in [0.25, 0.3) is 0 Å². The zero-order valence-electron chi connectivity index (χ0n) is 14.6. The number of hydrogen-bond acceptors (Lipinski definition) is 2. The van der Waals surface area contributed by atoms with E-state index in [-0.39, 0.29) is 12.4 Å². The standard InChI is InChI=1S/C20H25N3O.ClH/c1-2-3-13-24-14-5-12-22-20(21)23-18-11-10-16-9-8-15-6-4-7-17(18)19(15)16;/h4,6-11H,2-3,5,12-14H2,1H3,(H3,21,22,23);1H. The Morgan fingerprint density at radius 2 is 1.80 bits per heavy atom. The van der Waals surface area contributed by atoms with Crippen LogP contribution in [0.5, 0.6) is 0 Å².